The number of carbonyl (C=O) groups is 1. The van der Waals surface area contributed by atoms with E-state index >= 15 is 0 Å². The minimum Gasteiger partial charge on any atom is -0.490 e. The van der Waals surface area contributed by atoms with E-state index in [9.17, 15) is 4.79 Å². The van der Waals surface area contributed by atoms with Crippen molar-refractivity contribution in [2.75, 3.05) is 14.2 Å². The molecule has 0 bridgehead atoms. The topological polar surface area (TPSA) is 53.4 Å². The largest absolute Gasteiger partial charge is 0.490 e. The third-order valence-electron chi connectivity index (χ3n) is 1.38. The number of ether oxygens (including phenoxy) is 2. The van der Waals surface area contributed by atoms with E-state index in [1.54, 1.807) is 0 Å². The summed E-state index contributed by atoms with van der Waals surface area (Å²) in [5.74, 6) is 0.581. The number of aromatic nitrogens is 2. The van der Waals surface area contributed by atoms with Crippen LogP contribution in [0, 0.1) is 0 Å². The first-order chi connectivity index (χ1) is 5.69. The Morgan fingerprint density at radius 1 is 1.50 bits per heavy atom. The third kappa shape index (κ3) is 1.39. The third-order valence-corrected chi connectivity index (χ3v) is 1.38. The summed E-state index contributed by atoms with van der Waals surface area (Å²) in [6, 6.07) is 0. The van der Waals surface area contributed by atoms with Crippen molar-refractivity contribution in [1.82, 2.24) is 9.78 Å². The van der Waals surface area contributed by atoms with Gasteiger partial charge in [-0.1, -0.05) is 0 Å². The van der Waals surface area contributed by atoms with Crippen LogP contribution in [0.4, 0.5) is 0 Å². The quantitative estimate of drug-likeness (QED) is 0.650. The number of methoxy groups -OCH3 is 2. The molecule has 0 unspecified atom stereocenters. The highest BCUT2D eigenvalue weighted by molar-refractivity contribution is 5.75. The minimum atomic E-state index is -0.184. The number of rotatable bonds is 2. The Hall–Kier alpha value is -1.52. The highest BCUT2D eigenvalue weighted by Gasteiger charge is 2.10. The predicted molar refractivity (Wildman–Crippen MR) is 41.6 cm³/mol. The summed E-state index contributed by atoms with van der Waals surface area (Å²) in [4.78, 5) is 10.8. The van der Waals surface area contributed by atoms with Gasteiger partial charge < -0.3 is 9.47 Å². The van der Waals surface area contributed by atoms with Gasteiger partial charge in [0.25, 0.3) is 5.88 Å². The molecule has 0 fully saturated rings. The van der Waals surface area contributed by atoms with Crippen molar-refractivity contribution in [3.63, 3.8) is 0 Å². The summed E-state index contributed by atoms with van der Waals surface area (Å²) in [6.07, 6.45) is 1.47. The maximum Gasteiger partial charge on any atom is 0.276 e. The van der Waals surface area contributed by atoms with E-state index in [4.69, 9.17) is 9.47 Å². The smallest absolute Gasteiger partial charge is 0.276 e. The lowest BCUT2D eigenvalue weighted by atomic mass is 10.6. The fourth-order valence-corrected chi connectivity index (χ4v) is 0.785. The predicted octanol–water partition coefficient (Wildman–Crippen LogP) is 0.560. The van der Waals surface area contributed by atoms with Crippen LogP contribution < -0.4 is 9.47 Å². The Bertz CT molecular complexity index is 271. The molecule has 1 heterocycles. The lowest BCUT2D eigenvalue weighted by molar-refractivity contribution is 0.0919. The van der Waals surface area contributed by atoms with Gasteiger partial charge in [-0.15, -0.1) is 5.10 Å². The Balaban J connectivity index is 3.05. The monoisotopic (exact) mass is 170 g/mol. The Kier molecular flexibility index (Phi) is 2.32. The van der Waals surface area contributed by atoms with E-state index < -0.39 is 0 Å². The maximum atomic E-state index is 10.8. The second kappa shape index (κ2) is 3.25. The Labute approximate surface area is 69.9 Å². The molecule has 0 saturated heterocycles. The molecular formula is C7H10N2O3. The van der Waals surface area contributed by atoms with Gasteiger partial charge in [0.1, 0.15) is 0 Å². The molecule has 0 spiro atoms. The van der Waals surface area contributed by atoms with Crippen molar-refractivity contribution in [1.29, 1.82) is 0 Å². The lowest BCUT2D eigenvalue weighted by Gasteiger charge is -1.95. The summed E-state index contributed by atoms with van der Waals surface area (Å²) in [5, 5.41) is 3.82. The first kappa shape index (κ1) is 8.58. The van der Waals surface area contributed by atoms with Crippen LogP contribution in [0.3, 0.4) is 0 Å². The minimum absolute atomic E-state index is 0.184. The van der Waals surface area contributed by atoms with Gasteiger partial charge in [-0.3, -0.25) is 4.79 Å². The number of carbonyl (C=O) groups excluding carboxylic acids is 1. The van der Waals surface area contributed by atoms with Crippen molar-refractivity contribution in [3.05, 3.63) is 6.20 Å². The normalized spacial score (nSPS) is 9.58. The molecule has 1 aromatic rings. The molecule has 5 heteroatoms. The molecular weight excluding hydrogens is 160 g/mol. The molecule has 0 aliphatic carbocycles. The van der Waals surface area contributed by atoms with E-state index in [1.165, 1.54) is 27.3 Å². The summed E-state index contributed by atoms with van der Waals surface area (Å²) in [5.41, 5.74) is 0. The van der Waals surface area contributed by atoms with E-state index in [-0.39, 0.29) is 5.91 Å². The molecule has 0 saturated carbocycles. The molecule has 0 atom stereocenters. The number of hydrogen-bond acceptors (Lipinski definition) is 4. The first-order valence-corrected chi connectivity index (χ1v) is 3.37. The Morgan fingerprint density at radius 2 is 2.17 bits per heavy atom. The van der Waals surface area contributed by atoms with Crippen LogP contribution >= 0.6 is 0 Å². The van der Waals surface area contributed by atoms with Gasteiger partial charge in [-0.2, -0.15) is 0 Å². The molecule has 0 radical (unpaired) electrons. The van der Waals surface area contributed by atoms with Crippen LogP contribution in [0.5, 0.6) is 11.6 Å². The number of hydrogen-bond donors (Lipinski definition) is 0. The Morgan fingerprint density at radius 3 is 2.50 bits per heavy atom. The van der Waals surface area contributed by atoms with Gasteiger partial charge in [-0.25, -0.2) is 4.68 Å². The fraction of sp³-hybridized carbons (Fsp3) is 0.429. The molecule has 0 amide bonds. The van der Waals surface area contributed by atoms with Gasteiger partial charge in [0.15, 0.2) is 0 Å². The zero-order valence-electron chi connectivity index (χ0n) is 7.20. The molecule has 12 heavy (non-hydrogen) atoms. The van der Waals surface area contributed by atoms with Crippen LogP contribution in [0.2, 0.25) is 0 Å². The molecule has 5 nitrogen and oxygen atoms in total. The highest BCUT2D eigenvalue weighted by Crippen LogP contribution is 2.23. The summed E-state index contributed by atoms with van der Waals surface area (Å²) < 4.78 is 10.9. The van der Waals surface area contributed by atoms with Gasteiger partial charge in [0.2, 0.25) is 11.7 Å². The fourth-order valence-electron chi connectivity index (χ4n) is 0.785. The number of nitrogens with zero attached hydrogens (tertiary/aromatic N) is 2. The zero-order valence-corrected chi connectivity index (χ0v) is 7.20. The molecule has 1 aromatic heterocycles. The van der Waals surface area contributed by atoms with E-state index in [1.807, 2.05) is 0 Å². The second-order valence-corrected chi connectivity index (χ2v) is 2.17. The van der Waals surface area contributed by atoms with Crippen LogP contribution in [-0.4, -0.2) is 29.9 Å². The summed E-state index contributed by atoms with van der Waals surface area (Å²) in [7, 11) is 2.96. The average Bonchev–Trinajstić information content (AvgIpc) is 2.46. The standard InChI is InChI=1S/C7H10N2O3/c1-5(10)9-4-6(11-2)7(8-9)12-3/h4H,1-3H3. The van der Waals surface area contributed by atoms with Crippen molar-refractivity contribution >= 4 is 5.91 Å². The molecule has 0 aromatic carbocycles. The van der Waals surface area contributed by atoms with Gasteiger partial charge >= 0.3 is 0 Å². The highest BCUT2D eigenvalue weighted by atomic mass is 16.5. The van der Waals surface area contributed by atoms with E-state index in [0.29, 0.717) is 11.6 Å². The summed E-state index contributed by atoms with van der Waals surface area (Å²) in [6.45, 7) is 1.41. The zero-order chi connectivity index (χ0) is 9.14. The molecule has 0 aliphatic rings. The maximum absolute atomic E-state index is 10.8. The van der Waals surface area contributed by atoms with Gasteiger partial charge in [-0.05, 0) is 0 Å². The van der Waals surface area contributed by atoms with Crippen molar-refractivity contribution in [3.8, 4) is 11.6 Å². The van der Waals surface area contributed by atoms with Gasteiger partial charge in [0, 0.05) is 6.92 Å². The van der Waals surface area contributed by atoms with Crippen LogP contribution in [-0.2, 0) is 0 Å². The SMILES string of the molecule is COc1cn(C(C)=O)nc1OC. The van der Waals surface area contributed by atoms with Crippen LogP contribution in [0.15, 0.2) is 6.20 Å². The van der Waals surface area contributed by atoms with Crippen LogP contribution in [0.25, 0.3) is 0 Å². The van der Waals surface area contributed by atoms with E-state index in [0.717, 1.165) is 4.68 Å². The molecule has 0 N–H and O–H groups in total. The van der Waals surface area contributed by atoms with Crippen molar-refractivity contribution < 1.29 is 14.3 Å². The van der Waals surface area contributed by atoms with Crippen molar-refractivity contribution in [2.24, 2.45) is 0 Å². The lowest BCUT2D eigenvalue weighted by Crippen LogP contribution is -2.05. The van der Waals surface area contributed by atoms with Crippen LogP contribution in [0.1, 0.15) is 11.7 Å². The first-order valence-electron chi connectivity index (χ1n) is 3.37. The molecule has 0 aliphatic heterocycles. The van der Waals surface area contributed by atoms with Crippen molar-refractivity contribution in [2.45, 2.75) is 6.92 Å². The second-order valence-electron chi connectivity index (χ2n) is 2.17. The molecule has 66 valence electrons. The van der Waals surface area contributed by atoms with Gasteiger partial charge in [0.05, 0.1) is 20.4 Å². The molecule has 1 rings (SSSR count). The summed E-state index contributed by atoms with van der Waals surface area (Å²) >= 11 is 0. The van der Waals surface area contributed by atoms with E-state index in [2.05, 4.69) is 5.10 Å². The average molecular weight is 170 g/mol.